The number of hydrogen-bond donors (Lipinski definition) is 1. The van der Waals surface area contributed by atoms with Crippen molar-refractivity contribution in [3.63, 3.8) is 0 Å². The van der Waals surface area contributed by atoms with Gasteiger partial charge in [-0.05, 0) is 11.1 Å². The number of ketones is 1. The number of amidine groups is 1. The molecule has 0 spiro atoms. The van der Waals surface area contributed by atoms with Crippen LogP contribution in [0.4, 0.5) is 0 Å². The lowest BCUT2D eigenvalue weighted by Crippen LogP contribution is -2.42. The number of carbonyl (C=O) groups is 1. The first kappa shape index (κ1) is 17.0. The van der Waals surface area contributed by atoms with Gasteiger partial charge in [0.25, 0.3) is 6.02 Å². The molecule has 3 aromatic carbocycles. The van der Waals surface area contributed by atoms with E-state index < -0.39 is 5.54 Å². The van der Waals surface area contributed by atoms with Crippen LogP contribution in [0.25, 0.3) is 0 Å². The van der Waals surface area contributed by atoms with E-state index in [-0.39, 0.29) is 12.3 Å². The molecular formula is C23H20N2O2. The van der Waals surface area contributed by atoms with Gasteiger partial charge in [0.05, 0.1) is 0 Å². The van der Waals surface area contributed by atoms with Crippen LogP contribution in [-0.2, 0) is 10.3 Å². The maximum Gasteiger partial charge on any atom is 0.286 e. The van der Waals surface area contributed by atoms with E-state index in [4.69, 9.17) is 4.74 Å². The average molecular weight is 356 g/mol. The minimum Gasteiger partial charge on any atom is -0.462 e. The van der Waals surface area contributed by atoms with Gasteiger partial charge in [-0.1, -0.05) is 91.0 Å². The summed E-state index contributed by atoms with van der Waals surface area (Å²) in [5.74, 6) is -0.0366. The summed E-state index contributed by atoms with van der Waals surface area (Å²) in [6, 6.07) is 29.9. The Bertz CT molecular complexity index is 898. The number of Topliss-reactive ketones (excluding diaryl/α,β-unsaturated/α-hetero) is 1. The molecule has 1 N–H and O–H groups in total. The first-order valence-electron chi connectivity index (χ1n) is 8.93. The van der Waals surface area contributed by atoms with Gasteiger partial charge in [0, 0.05) is 5.56 Å². The molecule has 4 nitrogen and oxygen atoms in total. The van der Waals surface area contributed by atoms with E-state index in [9.17, 15) is 4.79 Å². The molecule has 134 valence electrons. The van der Waals surface area contributed by atoms with Crippen LogP contribution in [0.3, 0.4) is 0 Å². The van der Waals surface area contributed by atoms with Gasteiger partial charge in [0.1, 0.15) is 18.7 Å². The van der Waals surface area contributed by atoms with Crippen molar-refractivity contribution in [2.45, 2.75) is 5.54 Å². The molecule has 0 aromatic heterocycles. The van der Waals surface area contributed by atoms with Gasteiger partial charge < -0.3 is 10.1 Å². The largest absolute Gasteiger partial charge is 0.462 e. The molecule has 1 aliphatic heterocycles. The molecule has 4 rings (SSSR count). The number of hydrogen-bond acceptors (Lipinski definition) is 3. The smallest absolute Gasteiger partial charge is 0.286 e. The Balaban J connectivity index is 1.60. The van der Waals surface area contributed by atoms with Crippen molar-refractivity contribution in [1.82, 2.24) is 5.32 Å². The Morgan fingerprint density at radius 2 is 1.37 bits per heavy atom. The lowest BCUT2D eigenvalue weighted by atomic mass is 9.84. The zero-order valence-electron chi connectivity index (χ0n) is 14.8. The van der Waals surface area contributed by atoms with E-state index >= 15 is 0 Å². The summed E-state index contributed by atoms with van der Waals surface area (Å²) in [7, 11) is 0. The van der Waals surface area contributed by atoms with Crippen LogP contribution in [0, 0.1) is 0 Å². The number of nitrogens with zero attached hydrogens (tertiary/aromatic N) is 1. The highest BCUT2D eigenvalue weighted by Crippen LogP contribution is 2.33. The molecule has 1 aliphatic rings. The van der Waals surface area contributed by atoms with Crippen LogP contribution in [0.2, 0.25) is 0 Å². The second-order valence-electron chi connectivity index (χ2n) is 6.46. The molecule has 0 aliphatic carbocycles. The summed E-state index contributed by atoms with van der Waals surface area (Å²) in [6.07, 6.45) is 0. The predicted molar refractivity (Wildman–Crippen MR) is 106 cm³/mol. The van der Waals surface area contributed by atoms with Crippen molar-refractivity contribution in [2.24, 2.45) is 4.99 Å². The minimum absolute atomic E-state index is 0.0366. The summed E-state index contributed by atoms with van der Waals surface area (Å²) < 4.78 is 5.85. The van der Waals surface area contributed by atoms with Gasteiger partial charge in [0.15, 0.2) is 5.78 Å². The number of aliphatic imine (C=N–C) groups is 1. The quantitative estimate of drug-likeness (QED) is 0.708. The Hall–Kier alpha value is -3.40. The number of benzene rings is 3. The minimum atomic E-state index is -0.517. The van der Waals surface area contributed by atoms with Crippen LogP contribution in [0.15, 0.2) is 96.0 Å². The summed E-state index contributed by atoms with van der Waals surface area (Å²) in [4.78, 5) is 16.7. The van der Waals surface area contributed by atoms with Crippen LogP contribution in [0.1, 0.15) is 21.5 Å². The monoisotopic (exact) mass is 356 g/mol. The van der Waals surface area contributed by atoms with Gasteiger partial charge in [-0.3, -0.25) is 4.79 Å². The highest BCUT2D eigenvalue weighted by atomic mass is 16.5. The molecule has 0 bridgehead atoms. The molecule has 4 heteroatoms. The first-order chi connectivity index (χ1) is 13.3. The van der Waals surface area contributed by atoms with Crippen LogP contribution in [-0.4, -0.2) is 25.0 Å². The Kier molecular flexibility index (Phi) is 4.71. The molecule has 3 aromatic rings. The third kappa shape index (κ3) is 3.47. The van der Waals surface area contributed by atoms with Crippen molar-refractivity contribution in [1.29, 1.82) is 0 Å². The summed E-state index contributed by atoms with van der Waals surface area (Å²) in [5, 5.41) is 3.42. The highest BCUT2D eigenvalue weighted by molar-refractivity contribution is 5.98. The molecule has 0 amide bonds. The third-order valence-electron chi connectivity index (χ3n) is 4.74. The number of ether oxygens (including phenoxy) is 1. The lowest BCUT2D eigenvalue weighted by Gasteiger charge is -2.28. The summed E-state index contributed by atoms with van der Waals surface area (Å²) in [6.45, 7) is 0.464. The summed E-state index contributed by atoms with van der Waals surface area (Å²) >= 11 is 0. The zero-order valence-corrected chi connectivity index (χ0v) is 14.8. The second kappa shape index (κ2) is 7.46. The number of nitrogens with one attached hydrogen (secondary N) is 1. The van der Waals surface area contributed by atoms with Gasteiger partial charge in [-0.15, -0.1) is 0 Å². The summed E-state index contributed by atoms with van der Waals surface area (Å²) in [5.41, 5.74) is 2.32. The fraction of sp³-hybridized carbons (Fsp3) is 0.130. The molecule has 0 atom stereocenters. The van der Waals surface area contributed by atoms with E-state index in [2.05, 4.69) is 34.6 Å². The van der Waals surface area contributed by atoms with E-state index in [1.54, 1.807) is 12.1 Å². The average Bonchev–Trinajstić information content (AvgIpc) is 3.19. The number of rotatable bonds is 5. The van der Waals surface area contributed by atoms with Crippen molar-refractivity contribution in [3.8, 4) is 0 Å². The first-order valence-corrected chi connectivity index (χ1v) is 8.93. The Labute approximate surface area is 158 Å². The lowest BCUT2D eigenvalue weighted by molar-refractivity contribution is 0.100. The fourth-order valence-electron chi connectivity index (χ4n) is 3.30. The molecule has 0 unspecified atom stereocenters. The van der Waals surface area contributed by atoms with Crippen molar-refractivity contribution < 1.29 is 9.53 Å². The predicted octanol–water partition coefficient (Wildman–Crippen LogP) is 3.79. The molecule has 1 saturated heterocycles. The number of carbonyl (C=O) groups excluding carboxylic acids is 1. The van der Waals surface area contributed by atoms with Gasteiger partial charge >= 0.3 is 0 Å². The van der Waals surface area contributed by atoms with Crippen molar-refractivity contribution in [2.75, 3.05) is 13.2 Å². The second-order valence-corrected chi connectivity index (χ2v) is 6.46. The fourth-order valence-corrected chi connectivity index (χ4v) is 3.30. The molecule has 27 heavy (non-hydrogen) atoms. The van der Waals surface area contributed by atoms with E-state index in [1.807, 2.05) is 54.6 Å². The van der Waals surface area contributed by atoms with Crippen LogP contribution < -0.4 is 5.32 Å². The van der Waals surface area contributed by atoms with Gasteiger partial charge in [0.2, 0.25) is 0 Å². The Morgan fingerprint density at radius 1 is 0.852 bits per heavy atom. The van der Waals surface area contributed by atoms with Crippen molar-refractivity contribution >= 4 is 11.8 Å². The van der Waals surface area contributed by atoms with Crippen LogP contribution in [0.5, 0.6) is 0 Å². The van der Waals surface area contributed by atoms with Gasteiger partial charge in [-0.2, -0.15) is 0 Å². The topological polar surface area (TPSA) is 50.7 Å². The molecular weight excluding hydrogens is 336 g/mol. The van der Waals surface area contributed by atoms with E-state index in [1.165, 1.54) is 0 Å². The maximum atomic E-state index is 12.3. The molecule has 0 radical (unpaired) electrons. The van der Waals surface area contributed by atoms with E-state index in [0.29, 0.717) is 18.2 Å². The van der Waals surface area contributed by atoms with E-state index in [0.717, 1.165) is 11.1 Å². The molecule has 1 heterocycles. The van der Waals surface area contributed by atoms with Gasteiger partial charge in [-0.25, -0.2) is 4.99 Å². The standard InChI is InChI=1S/C23H20N2O2/c26-21(18-10-4-1-5-11-18)16-24-22-25-23(17-27-22,19-12-6-2-7-13-19)20-14-8-3-9-15-20/h1-15H,16-17H2,(H,24,25). The maximum absolute atomic E-state index is 12.3. The highest BCUT2D eigenvalue weighted by Gasteiger charge is 2.41. The third-order valence-corrected chi connectivity index (χ3v) is 4.74. The van der Waals surface area contributed by atoms with Crippen molar-refractivity contribution in [3.05, 3.63) is 108 Å². The Morgan fingerprint density at radius 3 is 1.93 bits per heavy atom. The van der Waals surface area contributed by atoms with Crippen LogP contribution >= 0.6 is 0 Å². The zero-order chi connectivity index (χ0) is 18.5. The normalized spacial score (nSPS) is 16.5. The SMILES string of the molecule is O=C(CN=C1NC(c2ccccc2)(c2ccccc2)CO1)c1ccccc1. The molecule has 0 saturated carbocycles. The molecule has 1 fully saturated rings.